The maximum atomic E-state index is 13.6. The number of nitrogens with zero attached hydrogens (tertiary/aromatic N) is 3. The van der Waals surface area contributed by atoms with Gasteiger partial charge in [0, 0.05) is 43.7 Å². The largest absolute Gasteiger partial charge is 0.383 e. The molecular formula is C30H39N3O3. The van der Waals surface area contributed by atoms with Gasteiger partial charge in [0.1, 0.15) is 6.54 Å². The van der Waals surface area contributed by atoms with Gasteiger partial charge >= 0.3 is 0 Å². The standard InChI is InChI=1S/C30H39N3O3/c1-6-25(4)33(21-28-12-9-17-31(28)20-27-11-8-7-10-24(27)3)29(34)22-32(18-19-36-5)30(35)26-15-13-23(2)14-16-26/h7-17,25H,6,18-22H2,1-5H3. The Morgan fingerprint density at radius 3 is 2.39 bits per heavy atom. The van der Waals surface area contributed by atoms with E-state index >= 15 is 0 Å². The number of amides is 2. The zero-order valence-electron chi connectivity index (χ0n) is 22.2. The van der Waals surface area contributed by atoms with Crippen molar-refractivity contribution in [2.45, 2.75) is 53.2 Å². The summed E-state index contributed by atoms with van der Waals surface area (Å²) in [5.41, 5.74) is 5.23. The molecule has 0 aliphatic heterocycles. The van der Waals surface area contributed by atoms with Crippen LogP contribution in [0.5, 0.6) is 0 Å². The monoisotopic (exact) mass is 489 g/mol. The number of benzene rings is 2. The van der Waals surface area contributed by atoms with E-state index in [-0.39, 0.29) is 24.4 Å². The summed E-state index contributed by atoms with van der Waals surface area (Å²) in [4.78, 5) is 30.4. The van der Waals surface area contributed by atoms with Gasteiger partial charge in [0.05, 0.1) is 13.2 Å². The highest BCUT2D eigenvalue weighted by molar-refractivity contribution is 5.96. The number of aryl methyl sites for hydroxylation is 2. The number of carbonyl (C=O) groups excluding carboxylic acids is 2. The number of aromatic nitrogens is 1. The van der Waals surface area contributed by atoms with E-state index in [0.717, 1.165) is 24.2 Å². The third-order valence-electron chi connectivity index (χ3n) is 6.78. The quantitative estimate of drug-likeness (QED) is 0.357. The first-order valence-electron chi connectivity index (χ1n) is 12.7. The van der Waals surface area contributed by atoms with Gasteiger partial charge in [0.15, 0.2) is 0 Å². The fourth-order valence-corrected chi connectivity index (χ4v) is 4.19. The molecule has 0 aliphatic rings. The number of hydrogen-bond donors (Lipinski definition) is 0. The summed E-state index contributed by atoms with van der Waals surface area (Å²) in [7, 11) is 1.60. The third-order valence-corrected chi connectivity index (χ3v) is 6.78. The van der Waals surface area contributed by atoms with Crippen LogP contribution in [0.2, 0.25) is 0 Å². The van der Waals surface area contributed by atoms with E-state index in [2.05, 4.69) is 55.8 Å². The normalized spacial score (nSPS) is 11.8. The van der Waals surface area contributed by atoms with Crippen LogP contribution in [0.3, 0.4) is 0 Å². The minimum Gasteiger partial charge on any atom is -0.383 e. The predicted octanol–water partition coefficient (Wildman–Crippen LogP) is 5.07. The third kappa shape index (κ3) is 7.08. The smallest absolute Gasteiger partial charge is 0.254 e. The van der Waals surface area contributed by atoms with E-state index < -0.39 is 0 Å². The molecule has 1 atom stereocenters. The van der Waals surface area contributed by atoms with Gasteiger partial charge in [0.2, 0.25) is 5.91 Å². The molecule has 3 rings (SSSR count). The van der Waals surface area contributed by atoms with Crippen LogP contribution in [-0.4, -0.2) is 59.0 Å². The second-order valence-corrected chi connectivity index (χ2v) is 9.42. The summed E-state index contributed by atoms with van der Waals surface area (Å²) in [6, 6.07) is 20.0. The minimum atomic E-state index is -0.160. The molecule has 6 heteroatoms. The predicted molar refractivity (Wildman–Crippen MR) is 144 cm³/mol. The van der Waals surface area contributed by atoms with Gasteiger partial charge < -0.3 is 19.1 Å². The first-order chi connectivity index (χ1) is 17.3. The number of methoxy groups -OCH3 is 1. The highest BCUT2D eigenvalue weighted by Crippen LogP contribution is 2.17. The van der Waals surface area contributed by atoms with E-state index in [4.69, 9.17) is 4.74 Å². The van der Waals surface area contributed by atoms with E-state index in [1.807, 2.05) is 48.2 Å². The average molecular weight is 490 g/mol. The second-order valence-electron chi connectivity index (χ2n) is 9.42. The summed E-state index contributed by atoms with van der Waals surface area (Å²) in [6.07, 6.45) is 2.89. The molecule has 3 aromatic rings. The molecule has 0 radical (unpaired) electrons. The zero-order valence-corrected chi connectivity index (χ0v) is 22.2. The van der Waals surface area contributed by atoms with Crippen LogP contribution in [-0.2, 0) is 22.6 Å². The average Bonchev–Trinajstić information content (AvgIpc) is 3.32. The van der Waals surface area contributed by atoms with Crippen LogP contribution in [0.4, 0.5) is 0 Å². The summed E-state index contributed by atoms with van der Waals surface area (Å²) in [5.74, 6) is -0.225. The lowest BCUT2D eigenvalue weighted by Gasteiger charge is -2.32. The van der Waals surface area contributed by atoms with E-state index in [9.17, 15) is 9.59 Å². The number of carbonyl (C=O) groups is 2. The maximum absolute atomic E-state index is 13.6. The molecule has 1 heterocycles. The molecule has 0 aliphatic carbocycles. The van der Waals surface area contributed by atoms with E-state index in [1.165, 1.54) is 11.1 Å². The highest BCUT2D eigenvalue weighted by Gasteiger charge is 2.25. The highest BCUT2D eigenvalue weighted by atomic mass is 16.5. The van der Waals surface area contributed by atoms with Crippen molar-refractivity contribution >= 4 is 11.8 Å². The molecule has 1 unspecified atom stereocenters. The second kappa shape index (κ2) is 13.1. The van der Waals surface area contributed by atoms with Crippen LogP contribution in [0.1, 0.15) is 53.0 Å². The van der Waals surface area contributed by atoms with Crippen molar-refractivity contribution in [2.24, 2.45) is 0 Å². The van der Waals surface area contributed by atoms with Crippen LogP contribution < -0.4 is 0 Å². The first kappa shape index (κ1) is 27.2. The minimum absolute atomic E-state index is 0.0128. The van der Waals surface area contributed by atoms with Crippen molar-refractivity contribution in [3.05, 3.63) is 94.8 Å². The van der Waals surface area contributed by atoms with Gasteiger partial charge in [-0.2, -0.15) is 0 Å². The molecule has 0 spiro atoms. The van der Waals surface area contributed by atoms with Crippen LogP contribution in [0, 0.1) is 13.8 Å². The molecule has 6 nitrogen and oxygen atoms in total. The molecule has 0 N–H and O–H groups in total. The molecule has 0 saturated carbocycles. The van der Waals surface area contributed by atoms with Gasteiger partial charge in [0.25, 0.3) is 5.91 Å². The Bertz CT molecular complexity index is 1140. The van der Waals surface area contributed by atoms with Crippen molar-refractivity contribution < 1.29 is 14.3 Å². The lowest BCUT2D eigenvalue weighted by atomic mass is 10.1. The lowest BCUT2D eigenvalue weighted by molar-refractivity contribution is -0.135. The fourth-order valence-electron chi connectivity index (χ4n) is 4.19. The Hall–Kier alpha value is -3.38. The molecular weight excluding hydrogens is 450 g/mol. The van der Waals surface area contributed by atoms with Crippen molar-refractivity contribution in [1.82, 2.24) is 14.4 Å². The van der Waals surface area contributed by atoms with E-state index in [1.54, 1.807) is 12.0 Å². The number of ether oxygens (including phenoxy) is 1. The molecule has 0 fully saturated rings. The molecule has 2 aromatic carbocycles. The molecule has 2 amide bonds. The summed E-state index contributed by atoms with van der Waals surface area (Å²) in [6.45, 7) is 10.2. The van der Waals surface area contributed by atoms with Crippen molar-refractivity contribution in [3.8, 4) is 0 Å². The Labute approximate surface area is 215 Å². The molecule has 0 saturated heterocycles. The first-order valence-corrected chi connectivity index (χ1v) is 12.7. The van der Waals surface area contributed by atoms with Gasteiger partial charge in [-0.25, -0.2) is 0 Å². The maximum Gasteiger partial charge on any atom is 0.254 e. The van der Waals surface area contributed by atoms with Crippen LogP contribution in [0.15, 0.2) is 66.9 Å². The Kier molecular flexibility index (Phi) is 9.88. The molecule has 0 bridgehead atoms. The van der Waals surface area contributed by atoms with Crippen LogP contribution in [0.25, 0.3) is 0 Å². The van der Waals surface area contributed by atoms with E-state index in [0.29, 0.717) is 25.3 Å². The molecule has 1 aromatic heterocycles. The van der Waals surface area contributed by atoms with Gasteiger partial charge in [-0.15, -0.1) is 0 Å². The Morgan fingerprint density at radius 2 is 1.72 bits per heavy atom. The zero-order chi connectivity index (χ0) is 26.1. The fraction of sp³-hybridized carbons (Fsp3) is 0.400. The SMILES string of the molecule is CCC(C)N(Cc1cccn1Cc1ccccc1C)C(=O)CN(CCOC)C(=O)c1ccc(C)cc1. The lowest BCUT2D eigenvalue weighted by Crippen LogP contribution is -2.46. The number of hydrogen-bond acceptors (Lipinski definition) is 3. The van der Waals surface area contributed by atoms with Crippen molar-refractivity contribution in [1.29, 1.82) is 0 Å². The number of rotatable bonds is 12. The van der Waals surface area contributed by atoms with Crippen LogP contribution >= 0.6 is 0 Å². The Balaban J connectivity index is 1.79. The summed E-state index contributed by atoms with van der Waals surface area (Å²) in [5, 5.41) is 0. The van der Waals surface area contributed by atoms with Crippen molar-refractivity contribution in [2.75, 3.05) is 26.8 Å². The molecule has 192 valence electrons. The summed E-state index contributed by atoms with van der Waals surface area (Å²) >= 11 is 0. The topological polar surface area (TPSA) is 54.8 Å². The Morgan fingerprint density at radius 1 is 1.00 bits per heavy atom. The van der Waals surface area contributed by atoms with Gasteiger partial charge in [-0.3, -0.25) is 9.59 Å². The summed E-state index contributed by atoms with van der Waals surface area (Å²) < 4.78 is 7.43. The van der Waals surface area contributed by atoms with Gasteiger partial charge in [-0.05, 0) is 62.6 Å². The van der Waals surface area contributed by atoms with Crippen molar-refractivity contribution in [3.63, 3.8) is 0 Å². The molecule has 36 heavy (non-hydrogen) atoms. The van der Waals surface area contributed by atoms with Gasteiger partial charge in [-0.1, -0.05) is 48.9 Å².